The van der Waals surface area contributed by atoms with Crippen LogP contribution < -0.4 is 0 Å². The van der Waals surface area contributed by atoms with E-state index in [0.717, 1.165) is 23.2 Å². The van der Waals surface area contributed by atoms with Gasteiger partial charge in [-0.2, -0.15) is 5.26 Å². The number of rotatable bonds is 3. The second-order valence-electron chi connectivity index (χ2n) is 7.26. The molecule has 0 amide bonds. The molecule has 2 aromatic heterocycles. The summed E-state index contributed by atoms with van der Waals surface area (Å²) < 4.78 is 4.41. The summed E-state index contributed by atoms with van der Waals surface area (Å²) in [6, 6.07) is 13.9. The zero-order valence-electron chi connectivity index (χ0n) is 15.5. The summed E-state index contributed by atoms with van der Waals surface area (Å²) in [4.78, 5) is 6.02. The van der Waals surface area contributed by atoms with Crippen LogP contribution in [0.25, 0.3) is 17.2 Å². The van der Waals surface area contributed by atoms with Crippen LogP contribution in [-0.4, -0.2) is 9.36 Å². The van der Waals surface area contributed by atoms with Crippen molar-refractivity contribution in [3.05, 3.63) is 76.6 Å². The van der Waals surface area contributed by atoms with Gasteiger partial charge in [0.2, 0.25) is 0 Å². The van der Waals surface area contributed by atoms with Gasteiger partial charge in [0.05, 0.1) is 17.3 Å². The number of hydrogen-bond donors (Lipinski definition) is 0. The Morgan fingerprint density at radius 3 is 2.78 bits per heavy atom. The van der Waals surface area contributed by atoms with Gasteiger partial charge in [-0.05, 0) is 53.6 Å². The molecule has 2 heterocycles. The van der Waals surface area contributed by atoms with Gasteiger partial charge in [0.1, 0.15) is 0 Å². The summed E-state index contributed by atoms with van der Waals surface area (Å²) in [5, 5.41) is 9.29. The van der Waals surface area contributed by atoms with Crippen LogP contribution in [0.4, 0.5) is 0 Å². The Morgan fingerprint density at radius 1 is 1.15 bits per heavy atom. The highest BCUT2D eigenvalue weighted by Gasteiger charge is 2.31. The maximum absolute atomic E-state index is 9.29. The van der Waals surface area contributed by atoms with E-state index in [4.69, 9.17) is 0 Å². The van der Waals surface area contributed by atoms with Crippen LogP contribution >= 0.6 is 11.5 Å². The van der Waals surface area contributed by atoms with Gasteiger partial charge >= 0.3 is 0 Å². The highest BCUT2D eigenvalue weighted by atomic mass is 32.1. The van der Waals surface area contributed by atoms with E-state index >= 15 is 0 Å². The van der Waals surface area contributed by atoms with Crippen LogP contribution in [0.5, 0.6) is 0 Å². The van der Waals surface area contributed by atoms with Crippen LogP contribution in [0.1, 0.15) is 41.5 Å². The second kappa shape index (κ2) is 7.46. The van der Waals surface area contributed by atoms with Crippen LogP contribution in [0, 0.1) is 23.2 Å². The monoisotopic (exact) mass is 371 g/mol. The van der Waals surface area contributed by atoms with Gasteiger partial charge in [-0.3, -0.25) is 4.98 Å². The Balaban J connectivity index is 1.58. The fourth-order valence-corrected chi connectivity index (χ4v) is 4.72. The number of pyridine rings is 1. The van der Waals surface area contributed by atoms with Gasteiger partial charge < -0.3 is 0 Å². The van der Waals surface area contributed by atoms with Crippen LogP contribution in [0.15, 0.2) is 54.9 Å². The van der Waals surface area contributed by atoms with Crippen molar-refractivity contribution < 1.29 is 0 Å². The Hall–Kier alpha value is -2.77. The third-order valence-corrected chi connectivity index (χ3v) is 6.46. The minimum Gasteiger partial charge on any atom is -0.256 e. The molecule has 0 fully saturated rings. The lowest BCUT2D eigenvalue weighted by molar-refractivity contribution is 0.335. The normalized spacial score (nSPS) is 21.7. The molecule has 1 aliphatic carbocycles. The van der Waals surface area contributed by atoms with E-state index in [1.807, 2.05) is 48.8 Å². The van der Waals surface area contributed by atoms with Crippen molar-refractivity contribution in [3.8, 4) is 17.2 Å². The van der Waals surface area contributed by atoms with E-state index in [1.54, 1.807) is 11.5 Å². The van der Waals surface area contributed by atoms with Crippen molar-refractivity contribution in [1.29, 1.82) is 5.26 Å². The molecule has 0 saturated carbocycles. The lowest BCUT2D eigenvalue weighted by Gasteiger charge is -2.31. The molecule has 4 rings (SSSR count). The van der Waals surface area contributed by atoms with Crippen molar-refractivity contribution in [1.82, 2.24) is 9.36 Å². The number of aromatic nitrogens is 2. The largest absolute Gasteiger partial charge is 0.256 e. The van der Waals surface area contributed by atoms with Crippen LogP contribution in [-0.2, 0) is 6.42 Å². The van der Waals surface area contributed by atoms with Crippen molar-refractivity contribution in [2.75, 3.05) is 0 Å². The van der Waals surface area contributed by atoms with E-state index in [1.165, 1.54) is 10.4 Å². The van der Waals surface area contributed by atoms with Crippen molar-refractivity contribution >= 4 is 17.6 Å². The van der Waals surface area contributed by atoms with Crippen molar-refractivity contribution in [3.63, 3.8) is 0 Å². The van der Waals surface area contributed by atoms with Gasteiger partial charge in [0.25, 0.3) is 0 Å². The molecule has 3 aromatic rings. The molecule has 0 N–H and O–H groups in total. The predicted octanol–water partition coefficient (Wildman–Crippen LogP) is 5.70. The average molecular weight is 372 g/mol. The zero-order valence-corrected chi connectivity index (χ0v) is 16.3. The molecule has 4 heteroatoms. The second-order valence-corrected chi connectivity index (χ2v) is 8.15. The molecular weight excluding hydrogens is 350 g/mol. The Kier molecular flexibility index (Phi) is 4.87. The first-order valence-corrected chi connectivity index (χ1v) is 10.0. The quantitative estimate of drug-likeness (QED) is 0.593. The number of fused-ring (bicyclic) bond motifs is 1. The summed E-state index contributed by atoms with van der Waals surface area (Å²) in [6.45, 7) is 4.66. The fraction of sp³-hybridized carbons (Fsp3) is 0.261. The number of hydrogen-bond acceptors (Lipinski definition) is 4. The molecule has 0 aliphatic heterocycles. The Bertz CT molecular complexity index is 1010. The molecular formula is C23H21N3S. The number of nitrogens with zero attached hydrogens (tertiary/aromatic N) is 3. The standard InChI is InChI=1S/C23H21N3S/c1-15-11-23-22(14-26-27-23)20(16(15)2)10-9-19-8-7-18(13-25-19)21-6-4-3-5-17(21)12-24/h3-10,13-16,20H,11H2,1-2H3/t15-,16+,20-/m0/s1. The number of nitriles is 1. The van der Waals surface area contributed by atoms with Gasteiger partial charge in [-0.25, -0.2) is 4.37 Å². The number of allylic oxidation sites excluding steroid dienone is 1. The molecule has 0 unspecified atom stereocenters. The molecule has 0 saturated heterocycles. The molecule has 1 aliphatic rings. The average Bonchev–Trinajstić information content (AvgIpc) is 3.16. The maximum atomic E-state index is 9.29. The topological polar surface area (TPSA) is 49.6 Å². The minimum absolute atomic E-state index is 0.392. The van der Waals surface area contributed by atoms with E-state index < -0.39 is 0 Å². The smallest absolute Gasteiger partial charge is 0.0998 e. The van der Waals surface area contributed by atoms with E-state index in [2.05, 4.69) is 41.4 Å². The summed E-state index contributed by atoms with van der Waals surface area (Å²) >= 11 is 1.63. The van der Waals surface area contributed by atoms with E-state index in [0.29, 0.717) is 23.3 Å². The van der Waals surface area contributed by atoms with E-state index in [-0.39, 0.29) is 0 Å². The molecule has 0 spiro atoms. The van der Waals surface area contributed by atoms with Gasteiger partial charge in [0.15, 0.2) is 0 Å². The van der Waals surface area contributed by atoms with Gasteiger partial charge in [-0.1, -0.05) is 44.2 Å². The van der Waals surface area contributed by atoms with Crippen LogP contribution in [0.2, 0.25) is 0 Å². The fourth-order valence-electron chi connectivity index (χ4n) is 3.79. The summed E-state index contributed by atoms with van der Waals surface area (Å²) in [6.07, 6.45) is 9.41. The Labute approximate surface area is 164 Å². The SMILES string of the molecule is C[C@H]1[C@H](C=Cc2ccc(-c3ccccc3C#N)cn2)c2cnsc2C[C@@H]1C. The predicted molar refractivity (Wildman–Crippen MR) is 110 cm³/mol. The third kappa shape index (κ3) is 3.43. The first kappa shape index (κ1) is 17.6. The summed E-state index contributed by atoms with van der Waals surface area (Å²) in [7, 11) is 0. The molecule has 0 radical (unpaired) electrons. The highest BCUT2D eigenvalue weighted by Crippen LogP contribution is 2.41. The molecule has 1 aromatic carbocycles. The minimum atomic E-state index is 0.392. The van der Waals surface area contributed by atoms with Crippen LogP contribution in [0.3, 0.4) is 0 Å². The molecule has 134 valence electrons. The molecule has 27 heavy (non-hydrogen) atoms. The first-order chi connectivity index (χ1) is 13.2. The number of benzene rings is 1. The third-order valence-electron chi connectivity index (χ3n) is 5.63. The molecule has 3 atom stereocenters. The first-order valence-electron chi connectivity index (χ1n) is 9.24. The summed E-state index contributed by atoms with van der Waals surface area (Å²) in [5.74, 6) is 1.64. The lowest BCUT2D eigenvalue weighted by Crippen LogP contribution is -2.23. The van der Waals surface area contributed by atoms with Crippen molar-refractivity contribution in [2.45, 2.75) is 26.2 Å². The zero-order chi connectivity index (χ0) is 18.8. The maximum Gasteiger partial charge on any atom is 0.0998 e. The lowest BCUT2D eigenvalue weighted by atomic mass is 9.73. The van der Waals surface area contributed by atoms with E-state index in [9.17, 15) is 5.26 Å². The summed E-state index contributed by atoms with van der Waals surface area (Å²) in [5.41, 5.74) is 4.87. The molecule has 3 nitrogen and oxygen atoms in total. The highest BCUT2D eigenvalue weighted by molar-refractivity contribution is 7.05. The van der Waals surface area contributed by atoms with Gasteiger partial charge in [-0.15, -0.1) is 0 Å². The van der Waals surface area contributed by atoms with Crippen molar-refractivity contribution in [2.24, 2.45) is 11.8 Å². The Morgan fingerprint density at radius 2 is 2.00 bits per heavy atom. The molecule has 0 bridgehead atoms. The van der Waals surface area contributed by atoms with Gasteiger partial charge in [0, 0.05) is 34.3 Å².